The van der Waals surface area contributed by atoms with E-state index in [0.29, 0.717) is 22.9 Å². The Morgan fingerprint density at radius 2 is 1.87 bits per heavy atom. The largest absolute Gasteiger partial charge is 0.457 e. The van der Waals surface area contributed by atoms with Gasteiger partial charge in [0.25, 0.3) is 5.91 Å². The summed E-state index contributed by atoms with van der Waals surface area (Å²) in [5.74, 6) is 1.34. The van der Waals surface area contributed by atoms with Crippen LogP contribution >= 0.6 is 0 Å². The minimum Gasteiger partial charge on any atom is -0.457 e. The minimum absolute atomic E-state index is 0.126. The topological polar surface area (TPSA) is 99.9 Å². The molecule has 0 bridgehead atoms. The van der Waals surface area contributed by atoms with E-state index >= 15 is 0 Å². The van der Waals surface area contributed by atoms with Crippen molar-refractivity contribution in [3.05, 3.63) is 76.5 Å². The molecule has 0 fully saturated rings. The number of rotatable bonds is 5. The molecular weight excluding hydrogens is 296 g/mol. The zero-order valence-corrected chi connectivity index (χ0v) is 12.1. The molecule has 2 aromatic carbocycles. The Kier molecular flexibility index (Phi) is 4.19. The number of nitrogens with one attached hydrogen (secondary N) is 3. The van der Waals surface area contributed by atoms with Crippen molar-refractivity contribution < 1.29 is 9.53 Å². The van der Waals surface area contributed by atoms with Crippen LogP contribution in [0.5, 0.6) is 11.5 Å². The lowest BCUT2D eigenvalue weighted by atomic mass is 10.2. The first-order valence-electron chi connectivity index (χ1n) is 6.95. The fraction of sp³-hybridized carbons (Fsp3) is 0.0625. The van der Waals surface area contributed by atoms with Gasteiger partial charge in [0, 0.05) is 5.56 Å². The molecule has 0 saturated heterocycles. The maximum atomic E-state index is 12.1. The van der Waals surface area contributed by atoms with E-state index in [1.165, 1.54) is 0 Å². The van der Waals surface area contributed by atoms with Gasteiger partial charge in [-0.3, -0.25) is 9.78 Å². The number of aromatic amines is 2. The maximum Gasteiger partial charge on any atom is 0.340 e. The van der Waals surface area contributed by atoms with Crippen LogP contribution in [0.3, 0.4) is 0 Å². The van der Waals surface area contributed by atoms with Gasteiger partial charge in [-0.1, -0.05) is 24.3 Å². The standard InChI is InChI=1S/C16H14N4O3/c21-15(17-10-14-18-16(22)20-19-14)11-5-4-8-13(9-11)23-12-6-2-1-3-7-12/h1-9H,10H2,(H,17,21)(H2,18,19,20,22). The van der Waals surface area contributed by atoms with Crippen LogP contribution in [0.15, 0.2) is 59.4 Å². The summed E-state index contributed by atoms with van der Waals surface area (Å²) in [6.45, 7) is 0.126. The molecule has 0 saturated carbocycles. The molecule has 0 aliphatic rings. The summed E-state index contributed by atoms with van der Waals surface area (Å²) in [5.41, 5.74) is 0.0452. The highest BCUT2D eigenvalue weighted by Gasteiger charge is 2.08. The van der Waals surface area contributed by atoms with Gasteiger partial charge in [0.1, 0.15) is 17.3 Å². The molecule has 116 valence electrons. The molecule has 0 unspecified atom stereocenters. The highest BCUT2D eigenvalue weighted by molar-refractivity contribution is 5.94. The first-order chi connectivity index (χ1) is 11.2. The third-order valence-electron chi connectivity index (χ3n) is 3.04. The van der Waals surface area contributed by atoms with Crippen LogP contribution in [0.25, 0.3) is 0 Å². The Bertz CT molecular complexity index is 855. The number of carbonyl (C=O) groups excluding carboxylic acids is 1. The molecule has 1 aromatic heterocycles. The van der Waals surface area contributed by atoms with Crippen LogP contribution in [-0.2, 0) is 6.54 Å². The van der Waals surface area contributed by atoms with Crippen LogP contribution in [-0.4, -0.2) is 21.1 Å². The summed E-state index contributed by atoms with van der Waals surface area (Å²) >= 11 is 0. The summed E-state index contributed by atoms with van der Waals surface area (Å²) in [4.78, 5) is 25.5. The van der Waals surface area contributed by atoms with Crippen molar-refractivity contribution in [3.8, 4) is 11.5 Å². The highest BCUT2D eigenvalue weighted by Crippen LogP contribution is 2.21. The van der Waals surface area contributed by atoms with Crippen LogP contribution in [0.4, 0.5) is 0 Å². The lowest BCUT2D eigenvalue weighted by molar-refractivity contribution is 0.0949. The third kappa shape index (κ3) is 3.85. The molecule has 3 rings (SSSR count). The Hall–Kier alpha value is -3.35. The monoisotopic (exact) mass is 310 g/mol. The SMILES string of the molecule is O=C(NCc1n[nH]c(=O)[nH]1)c1cccc(Oc2ccccc2)c1. The molecule has 0 radical (unpaired) electrons. The number of benzene rings is 2. The third-order valence-corrected chi connectivity index (χ3v) is 3.04. The second-order valence-corrected chi connectivity index (χ2v) is 4.75. The van der Waals surface area contributed by atoms with Gasteiger partial charge in [-0.05, 0) is 30.3 Å². The quantitative estimate of drug-likeness (QED) is 0.669. The number of H-pyrrole nitrogens is 2. The van der Waals surface area contributed by atoms with Gasteiger partial charge in [-0.2, -0.15) is 5.10 Å². The van der Waals surface area contributed by atoms with Crippen molar-refractivity contribution >= 4 is 5.91 Å². The summed E-state index contributed by atoms with van der Waals surface area (Å²) in [5, 5.41) is 8.63. The van der Waals surface area contributed by atoms with Crippen LogP contribution in [0, 0.1) is 0 Å². The zero-order valence-electron chi connectivity index (χ0n) is 12.1. The summed E-state index contributed by atoms with van der Waals surface area (Å²) in [7, 11) is 0. The first-order valence-corrected chi connectivity index (χ1v) is 6.95. The average molecular weight is 310 g/mol. The van der Waals surface area contributed by atoms with Crippen LogP contribution < -0.4 is 15.7 Å². The molecule has 1 amide bonds. The van der Waals surface area contributed by atoms with E-state index in [9.17, 15) is 9.59 Å². The van der Waals surface area contributed by atoms with E-state index in [0.717, 1.165) is 0 Å². The van der Waals surface area contributed by atoms with Crippen molar-refractivity contribution in [2.45, 2.75) is 6.54 Å². The zero-order chi connectivity index (χ0) is 16.1. The normalized spacial score (nSPS) is 10.3. The Morgan fingerprint density at radius 1 is 1.09 bits per heavy atom. The van der Waals surface area contributed by atoms with Gasteiger partial charge in [0.05, 0.1) is 6.54 Å². The average Bonchev–Trinajstić information content (AvgIpc) is 2.99. The molecule has 0 atom stereocenters. The van der Waals surface area contributed by atoms with E-state index in [1.54, 1.807) is 24.3 Å². The van der Waals surface area contributed by atoms with E-state index in [1.807, 2.05) is 30.3 Å². The number of hydrogen-bond acceptors (Lipinski definition) is 4. The molecule has 7 heteroatoms. The van der Waals surface area contributed by atoms with Crippen molar-refractivity contribution in [3.63, 3.8) is 0 Å². The number of para-hydroxylation sites is 1. The van der Waals surface area contributed by atoms with Crippen molar-refractivity contribution in [2.24, 2.45) is 0 Å². The highest BCUT2D eigenvalue weighted by atomic mass is 16.5. The second-order valence-electron chi connectivity index (χ2n) is 4.75. The second kappa shape index (κ2) is 6.61. The number of ether oxygens (including phenoxy) is 1. The predicted octanol–water partition coefficient (Wildman–Crippen LogP) is 1.82. The van der Waals surface area contributed by atoms with Crippen LogP contribution in [0.1, 0.15) is 16.2 Å². The van der Waals surface area contributed by atoms with E-state index in [2.05, 4.69) is 20.5 Å². The van der Waals surface area contributed by atoms with Gasteiger partial charge in [-0.25, -0.2) is 9.89 Å². The van der Waals surface area contributed by atoms with Crippen molar-refractivity contribution in [1.29, 1.82) is 0 Å². The van der Waals surface area contributed by atoms with Crippen LogP contribution in [0.2, 0.25) is 0 Å². The molecule has 0 spiro atoms. The molecule has 7 nitrogen and oxygen atoms in total. The minimum atomic E-state index is -0.410. The molecule has 0 aliphatic heterocycles. The maximum absolute atomic E-state index is 12.1. The van der Waals surface area contributed by atoms with E-state index in [-0.39, 0.29) is 12.5 Å². The van der Waals surface area contributed by atoms with Gasteiger partial charge >= 0.3 is 5.69 Å². The molecule has 23 heavy (non-hydrogen) atoms. The molecule has 1 heterocycles. The van der Waals surface area contributed by atoms with Gasteiger partial charge in [0.2, 0.25) is 0 Å². The van der Waals surface area contributed by atoms with E-state index < -0.39 is 5.69 Å². The predicted molar refractivity (Wildman–Crippen MR) is 83.3 cm³/mol. The molecular formula is C16H14N4O3. The number of hydrogen-bond donors (Lipinski definition) is 3. The molecule has 3 N–H and O–H groups in total. The van der Waals surface area contributed by atoms with E-state index in [4.69, 9.17) is 4.74 Å². The van der Waals surface area contributed by atoms with Crippen molar-refractivity contribution in [2.75, 3.05) is 0 Å². The summed E-state index contributed by atoms with van der Waals surface area (Å²) < 4.78 is 5.69. The summed E-state index contributed by atoms with van der Waals surface area (Å²) in [6.07, 6.45) is 0. The number of aromatic nitrogens is 3. The number of carbonyl (C=O) groups is 1. The Balaban J connectivity index is 1.66. The van der Waals surface area contributed by atoms with Crippen molar-refractivity contribution in [1.82, 2.24) is 20.5 Å². The Labute approximate surface area is 131 Å². The van der Waals surface area contributed by atoms with Gasteiger partial charge in [0.15, 0.2) is 0 Å². The fourth-order valence-corrected chi connectivity index (χ4v) is 1.98. The smallest absolute Gasteiger partial charge is 0.340 e. The number of nitrogens with zero attached hydrogens (tertiary/aromatic N) is 1. The fourth-order valence-electron chi connectivity index (χ4n) is 1.98. The van der Waals surface area contributed by atoms with Gasteiger partial charge in [-0.15, -0.1) is 0 Å². The van der Waals surface area contributed by atoms with Gasteiger partial charge < -0.3 is 10.1 Å². The number of amides is 1. The lowest BCUT2D eigenvalue weighted by Gasteiger charge is -2.07. The Morgan fingerprint density at radius 3 is 2.61 bits per heavy atom. The lowest BCUT2D eigenvalue weighted by Crippen LogP contribution is -2.23. The molecule has 3 aromatic rings. The first kappa shape index (κ1) is 14.6. The summed E-state index contributed by atoms with van der Waals surface area (Å²) in [6, 6.07) is 16.2. The molecule has 0 aliphatic carbocycles.